The van der Waals surface area contributed by atoms with E-state index < -0.39 is 10.8 Å². The van der Waals surface area contributed by atoms with Crippen LogP contribution in [0.1, 0.15) is 12.8 Å². The van der Waals surface area contributed by atoms with E-state index in [2.05, 4.69) is 6.07 Å². The fraction of sp³-hybridized carbons (Fsp3) is 0.455. The van der Waals surface area contributed by atoms with Gasteiger partial charge in [-0.2, -0.15) is 0 Å². The van der Waals surface area contributed by atoms with Gasteiger partial charge < -0.3 is 4.90 Å². The van der Waals surface area contributed by atoms with Crippen molar-refractivity contribution in [2.24, 2.45) is 0 Å². The maximum atomic E-state index is 13.0. The molecule has 0 amide bonds. The molecule has 6 heteroatoms. The van der Waals surface area contributed by atoms with Gasteiger partial charge in [0.1, 0.15) is 5.69 Å². The summed E-state index contributed by atoms with van der Waals surface area (Å²) in [6.45, 7) is 0.261. The topological polar surface area (TPSA) is 46.4 Å². The van der Waals surface area contributed by atoms with Crippen molar-refractivity contribution in [3.63, 3.8) is 0 Å². The van der Waals surface area contributed by atoms with Crippen LogP contribution in [0.25, 0.3) is 0 Å². The van der Waals surface area contributed by atoms with Crippen molar-refractivity contribution >= 4 is 11.4 Å². The highest BCUT2D eigenvalue weighted by molar-refractivity contribution is 5.63. The van der Waals surface area contributed by atoms with Crippen molar-refractivity contribution in [2.45, 2.75) is 18.8 Å². The van der Waals surface area contributed by atoms with Crippen LogP contribution in [0.4, 0.5) is 20.2 Å². The fourth-order valence-corrected chi connectivity index (χ4v) is 1.90. The smallest absolute Gasteiger partial charge is 0.292 e. The Labute approximate surface area is 97.0 Å². The summed E-state index contributed by atoms with van der Waals surface area (Å²) in [6.07, 6.45) is -0.530. The highest BCUT2D eigenvalue weighted by Gasteiger charge is 2.35. The summed E-state index contributed by atoms with van der Waals surface area (Å²) in [5.41, 5.74) is 0.307. The first-order chi connectivity index (χ1) is 7.99. The Hall–Kier alpha value is -1.72. The van der Waals surface area contributed by atoms with Gasteiger partial charge in [-0.1, -0.05) is 0 Å². The van der Waals surface area contributed by atoms with E-state index in [0.29, 0.717) is 5.69 Å². The largest absolute Gasteiger partial charge is 0.366 e. The van der Waals surface area contributed by atoms with E-state index in [1.165, 1.54) is 18.2 Å². The molecular formula is C11H11F2N2O2. The standard InChI is InChI=1S/C11H11F2N2O2/c12-11(13)5-7-14(8-6-11)9-3-1-2-4-10(9)15(16)17/h2-4H,5-8H2. The molecule has 1 saturated heterocycles. The molecule has 0 aromatic heterocycles. The van der Waals surface area contributed by atoms with Crippen molar-refractivity contribution in [2.75, 3.05) is 18.0 Å². The molecule has 0 spiro atoms. The third-order valence-electron chi connectivity index (χ3n) is 2.85. The van der Waals surface area contributed by atoms with Crippen LogP contribution in [0.2, 0.25) is 0 Å². The zero-order valence-corrected chi connectivity index (χ0v) is 9.03. The molecule has 1 aliphatic heterocycles. The predicted octanol–water partition coefficient (Wildman–Crippen LogP) is 2.63. The molecule has 17 heavy (non-hydrogen) atoms. The molecular weight excluding hydrogens is 230 g/mol. The number of alkyl halides is 2. The molecule has 1 radical (unpaired) electrons. The highest BCUT2D eigenvalue weighted by Crippen LogP contribution is 2.34. The molecule has 2 rings (SSSR count). The molecule has 0 saturated carbocycles. The van der Waals surface area contributed by atoms with E-state index in [0.717, 1.165) is 0 Å². The van der Waals surface area contributed by atoms with E-state index in [4.69, 9.17) is 0 Å². The first kappa shape index (κ1) is 11.8. The van der Waals surface area contributed by atoms with Gasteiger partial charge in [0.25, 0.3) is 11.6 Å². The molecule has 0 aliphatic carbocycles. The number of nitro groups is 1. The summed E-state index contributed by atoms with van der Waals surface area (Å²) in [6, 6.07) is 6.99. The molecule has 1 aliphatic rings. The van der Waals surface area contributed by atoms with E-state index >= 15 is 0 Å². The number of nitrogens with zero attached hydrogens (tertiary/aromatic N) is 2. The molecule has 1 fully saturated rings. The van der Waals surface area contributed by atoms with Gasteiger partial charge in [-0.3, -0.25) is 10.1 Å². The molecule has 1 aromatic rings. The maximum Gasteiger partial charge on any atom is 0.292 e. The van der Waals surface area contributed by atoms with Gasteiger partial charge in [0.15, 0.2) is 0 Å². The monoisotopic (exact) mass is 241 g/mol. The van der Waals surface area contributed by atoms with E-state index in [1.807, 2.05) is 0 Å². The Bertz CT molecular complexity index is 427. The Morgan fingerprint density at radius 2 is 2.06 bits per heavy atom. The lowest BCUT2D eigenvalue weighted by Gasteiger charge is -2.32. The van der Waals surface area contributed by atoms with Gasteiger partial charge in [-0.15, -0.1) is 0 Å². The Kier molecular flexibility index (Phi) is 2.95. The fourth-order valence-electron chi connectivity index (χ4n) is 1.90. The molecule has 91 valence electrons. The van der Waals surface area contributed by atoms with Crippen LogP contribution in [0.15, 0.2) is 18.2 Å². The lowest BCUT2D eigenvalue weighted by atomic mass is 10.1. The van der Waals surface area contributed by atoms with Crippen LogP contribution >= 0.6 is 0 Å². The third-order valence-corrected chi connectivity index (χ3v) is 2.85. The first-order valence-electron chi connectivity index (χ1n) is 5.27. The van der Waals surface area contributed by atoms with Crippen LogP contribution in [-0.4, -0.2) is 23.9 Å². The summed E-state index contributed by atoms with van der Waals surface area (Å²) in [7, 11) is 0. The summed E-state index contributed by atoms with van der Waals surface area (Å²) in [4.78, 5) is 11.9. The number of nitro benzene ring substituents is 1. The van der Waals surface area contributed by atoms with Gasteiger partial charge in [0.2, 0.25) is 0 Å². The van der Waals surface area contributed by atoms with Crippen LogP contribution in [0, 0.1) is 16.2 Å². The average Bonchev–Trinajstić information content (AvgIpc) is 2.29. The van der Waals surface area contributed by atoms with Gasteiger partial charge in [-0.05, 0) is 18.2 Å². The minimum absolute atomic E-state index is 0.0611. The molecule has 0 atom stereocenters. The van der Waals surface area contributed by atoms with Gasteiger partial charge in [0, 0.05) is 32.0 Å². The minimum atomic E-state index is -2.65. The maximum absolute atomic E-state index is 13.0. The van der Waals surface area contributed by atoms with Crippen molar-refractivity contribution in [3.8, 4) is 0 Å². The van der Waals surface area contributed by atoms with Gasteiger partial charge in [0.05, 0.1) is 4.92 Å². The van der Waals surface area contributed by atoms with Crippen LogP contribution in [0.5, 0.6) is 0 Å². The van der Waals surface area contributed by atoms with Crippen LogP contribution < -0.4 is 4.90 Å². The number of piperidine rings is 1. The van der Waals surface area contributed by atoms with Crippen LogP contribution in [0.3, 0.4) is 0 Å². The van der Waals surface area contributed by atoms with E-state index in [9.17, 15) is 18.9 Å². The van der Waals surface area contributed by atoms with Crippen LogP contribution in [-0.2, 0) is 0 Å². The SMILES string of the molecule is O=[N+]([O-])c1cc[c]cc1N1CCC(F)(F)CC1. The predicted molar refractivity (Wildman–Crippen MR) is 58.3 cm³/mol. The Balaban J connectivity index is 2.21. The van der Waals surface area contributed by atoms with E-state index in [1.54, 1.807) is 4.90 Å². The second kappa shape index (κ2) is 4.27. The molecule has 4 nitrogen and oxygen atoms in total. The molecule has 1 aromatic carbocycles. The Morgan fingerprint density at radius 3 is 2.65 bits per heavy atom. The second-order valence-electron chi connectivity index (χ2n) is 4.01. The van der Waals surface area contributed by atoms with Crippen molar-refractivity contribution < 1.29 is 13.7 Å². The molecule has 0 unspecified atom stereocenters. The first-order valence-corrected chi connectivity index (χ1v) is 5.27. The highest BCUT2D eigenvalue weighted by atomic mass is 19.3. The van der Waals surface area contributed by atoms with Gasteiger partial charge in [-0.25, -0.2) is 8.78 Å². The van der Waals surface area contributed by atoms with Crippen molar-refractivity contribution in [1.82, 2.24) is 0 Å². The Morgan fingerprint density at radius 1 is 1.41 bits per heavy atom. The number of hydrogen-bond donors (Lipinski definition) is 0. The lowest BCUT2D eigenvalue weighted by molar-refractivity contribution is -0.384. The minimum Gasteiger partial charge on any atom is -0.366 e. The normalized spacial score (nSPS) is 19.1. The lowest BCUT2D eigenvalue weighted by Crippen LogP contribution is -2.39. The average molecular weight is 241 g/mol. The summed E-state index contributed by atoms with van der Waals surface area (Å²) < 4.78 is 26.0. The number of hydrogen-bond acceptors (Lipinski definition) is 3. The number of benzene rings is 1. The van der Waals surface area contributed by atoms with Crippen molar-refractivity contribution in [1.29, 1.82) is 0 Å². The number of anilines is 1. The summed E-state index contributed by atoms with van der Waals surface area (Å²) in [5, 5.41) is 10.8. The number of halogens is 2. The molecule has 1 heterocycles. The number of rotatable bonds is 2. The van der Waals surface area contributed by atoms with Crippen molar-refractivity contribution in [3.05, 3.63) is 34.4 Å². The van der Waals surface area contributed by atoms with E-state index in [-0.39, 0.29) is 31.6 Å². The zero-order valence-electron chi connectivity index (χ0n) is 9.03. The van der Waals surface area contributed by atoms with Gasteiger partial charge >= 0.3 is 0 Å². The summed E-state index contributed by atoms with van der Waals surface area (Å²) in [5.74, 6) is -2.65. The third kappa shape index (κ3) is 2.51. The quantitative estimate of drug-likeness (QED) is 0.590. The zero-order chi connectivity index (χ0) is 12.5. The molecule has 0 N–H and O–H groups in total. The second-order valence-corrected chi connectivity index (χ2v) is 4.01. The molecule has 0 bridgehead atoms. The summed E-state index contributed by atoms with van der Waals surface area (Å²) >= 11 is 0.